The summed E-state index contributed by atoms with van der Waals surface area (Å²) in [4.78, 5) is 11.2. The minimum atomic E-state index is -1.74. The maximum Gasteiger partial charge on any atom is 0.278 e. The fourth-order valence-electron chi connectivity index (χ4n) is 0.661. The van der Waals surface area contributed by atoms with Gasteiger partial charge in [0.2, 0.25) is 0 Å². The first kappa shape index (κ1) is 9.02. The Bertz CT molecular complexity index is 267. The van der Waals surface area contributed by atoms with Crippen LogP contribution in [0.25, 0.3) is 0 Å². The van der Waals surface area contributed by atoms with Crippen LogP contribution >= 0.6 is 31.0 Å². The van der Waals surface area contributed by atoms with Crippen molar-refractivity contribution in [3.05, 3.63) is 30.3 Å². The Labute approximate surface area is 76.0 Å². The van der Waals surface area contributed by atoms with Crippen molar-refractivity contribution < 1.29 is 4.89 Å². The van der Waals surface area contributed by atoms with Crippen LogP contribution in [-0.2, 0) is 0 Å². The van der Waals surface area contributed by atoms with E-state index in [2.05, 4.69) is 0 Å². The van der Waals surface area contributed by atoms with E-state index in [1.54, 1.807) is 24.3 Å². The molecule has 0 aliphatic heterocycles. The van der Waals surface area contributed by atoms with Crippen LogP contribution in [0.2, 0.25) is 0 Å². The third-order valence-corrected chi connectivity index (χ3v) is 3.14. The van der Waals surface area contributed by atoms with Crippen LogP contribution in [0.15, 0.2) is 30.3 Å². The van der Waals surface area contributed by atoms with Gasteiger partial charge in [-0.25, -0.2) is 0 Å². The van der Waals surface area contributed by atoms with E-state index in [1.807, 2.05) is 6.07 Å². The Morgan fingerprint density at radius 1 is 1.18 bits per heavy atom. The molecule has 0 N–H and O–H groups in total. The number of benzene rings is 1. The standard InChI is InChI=1S/C7H5Cl2OP/c8-7(9)11(10)6-4-2-1-3-5-6/h1-5H. The van der Waals surface area contributed by atoms with E-state index < -0.39 is 7.77 Å². The lowest BCUT2D eigenvalue weighted by Crippen LogP contribution is -2.06. The minimum Gasteiger partial charge on any atom is -0.624 e. The van der Waals surface area contributed by atoms with Crippen molar-refractivity contribution in [3.8, 4) is 0 Å². The fraction of sp³-hybridized carbons (Fsp3) is 0. The van der Waals surface area contributed by atoms with Crippen LogP contribution in [-0.4, -0.2) is 4.21 Å². The van der Waals surface area contributed by atoms with E-state index in [0.717, 1.165) is 0 Å². The van der Waals surface area contributed by atoms with Crippen molar-refractivity contribution in [2.75, 3.05) is 0 Å². The molecule has 0 radical (unpaired) electrons. The van der Waals surface area contributed by atoms with E-state index in [-0.39, 0.29) is 4.21 Å². The highest BCUT2D eigenvalue weighted by molar-refractivity contribution is 7.67. The van der Waals surface area contributed by atoms with Gasteiger partial charge >= 0.3 is 0 Å². The summed E-state index contributed by atoms with van der Waals surface area (Å²) in [6.07, 6.45) is 0. The summed E-state index contributed by atoms with van der Waals surface area (Å²) in [6.45, 7) is 0. The molecule has 0 spiro atoms. The lowest BCUT2D eigenvalue weighted by Gasteiger charge is -1.95. The summed E-state index contributed by atoms with van der Waals surface area (Å²) in [7, 11) is -1.74. The maximum absolute atomic E-state index is 11.2. The van der Waals surface area contributed by atoms with Crippen molar-refractivity contribution in [2.24, 2.45) is 0 Å². The largest absolute Gasteiger partial charge is 0.624 e. The number of halogens is 2. The lowest BCUT2D eigenvalue weighted by atomic mass is 10.4. The lowest BCUT2D eigenvalue weighted by molar-refractivity contribution is -0.149. The van der Waals surface area contributed by atoms with Crippen LogP contribution < -0.4 is 10.2 Å². The zero-order chi connectivity index (χ0) is 8.27. The Balaban J connectivity index is 3.04. The molecule has 4 heteroatoms. The van der Waals surface area contributed by atoms with E-state index >= 15 is 0 Å². The molecule has 1 aromatic carbocycles. The highest BCUT2D eigenvalue weighted by atomic mass is 35.5. The van der Waals surface area contributed by atoms with E-state index in [9.17, 15) is 4.89 Å². The first-order valence-corrected chi connectivity index (χ1v) is 4.93. The fourth-order valence-corrected chi connectivity index (χ4v) is 1.88. The monoisotopic (exact) mass is 206 g/mol. The van der Waals surface area contributed by atoms with Crippen molar-refractivity contribution in [3.63, 3.8) is 0 Å². The van der Waals surface area contributed by atoms with Gasteiger partial charge in [0.1, 0.15) is 13.1 Å². The molecular weight excluding hydrogens is 202 g/mol. The zero-order valence-electron chi connectivity index (χ0n) is 5.50. The molecule has 0 aliphatic carbocycles. The van der Waals surface area contributed by atoms with Gasteiger partial charge in [-0.05, 0) is 35.3 Å². The highest BCUT2D eigenvalue weighted by Crippen LogP contribution is 2.17. The molecule has 1 aromatic rings. The highest BCUT2D eigenvalue weighted by Gasteiger charge is 2.05. The third kappa shape index (κ3) is 2.46. The molecule has 1 nitrogen and oxygen atoms in total. The number of hydrogen-bond donors (Lipinski definition) is 0. The van der Waals surface area contributed by atoms with E-state index in [0.29, 0.717) is 5.30 Å². The van der Waals surface area contributed by atoms with Crippen molar-refractivity contribution >= 4 is 40.5 Å². The molecule has 0 heterocycles. The predicted octanol–water partition coefficient (Wildman–Crippen LogP) is 1.63. The summed E-state index contributed by atoms with van der Waals surface area (Å²) in [5, 5.41) is 0.655. The summed E-state index contributed by atoms with van der Waals surface area (Å²) < 4.78 is -0.0776. The van der Waals surface area contributed by atoms with E-state index in [4.69, 9.17) is 23.2 Å². The molecule has 1 atom stereocenters. The molecule has 11 heavy (non-hydrogen) atoms. The second kappa shape index (κ2) is 4.08. The van der Waals surface area contributed by atoms with Gasteiger partial charge in [-0.3, -0.25) is 0 Å². The molecule has 0 saturated heterocycles. The maximum atomic E-state index is 11.2. The van der Waals surface area contributed by atoms with Crippen LogP contribution in [0, 0.1) is 0 Å². The van der Waals surface area contributed by atoms with Gasteiger partial charge in [0.15, 0.2) is 0 Å². The van der Waals surface area contributed by atoms with Gasteiger partial charge in [0.25, 0.3) is 4.21 Å². The van der Waals surface area contributed by atoms with Crippen molar-refractivity contribution in [1.29, 1.82) is 0 Å². The molecule has 0 aromatic heterocycles. The molecule has 0 bridgehead atoms. The summed E-state index contributed by atoms with van der Waals surface area (Å²) in [5.74, 6) is 0. The zero-order valence-corrected chi connectivity index (χ0v) is 7.90. The number of rotatable bonds is 1. The first-order valence-electron chi connectivity index (χ1n) is 2.92. The summed E-state index contributed by atoms with van der Waals surface area (Å²) in [5.41, 5.74) is 0. The molecule has 58 valence electrons. The molecule has 1 unspecified atom stereocenters. The van der Waals surface area contributed by atoms with Crippen LogP contribution in [0.4, 0.5) is 0 Å². The molecule has 0 fully saturated rings. The van der Waals surface area contributed by atoms with Gasteiger partial charge in [-0.15, -0.1) is 0 Å². The third-order valence-electron chi connectivity index (χ3n) is 1.14. The normalized spacial score (nSPS) is 11.0. The van der Waals surface area contributed by atoms with Gasteiger partial charge in [0, 0.05) is 0 Å². The Morgan fingerprint density at radius 2 is 1.73 bits per heavy atom. The van der Waals surface area contributed by atoms with Crippen molar-refractivity contribution in [2.45, 2.75) is 0 Å². The van der Waals surface area contributed by atoms with E-state index in [1.165, 1.54) is 0 Å². The van der Waals surface area contributed by atoms with Crippen LogP contribution in [0.1, 0.15) is 0 Å². The Hall–Kier alpha value is -0.0700. The second-order valence-corrected chi connectivity index (χ2v) is 4.90. The predicted molar refractivity (Wildman–Crippen MR) is 49.7 cm³/mol. The Kier molecular flexibility index (Phi) is 3.35. The quantitative estimate of drug-likeness (QED) is 0.641. The molecule has 1 rings (SSSR count). The molecular formula is C7H5Cl2OP. The van der Waals surface area contributed by atoms with Gasteiger partial charge in [0.05, 0.1) is 0 Å². The average molecular weight is 207 g/mol. The van der Waals surface area contributed by atoms with Crippen LogP contribution in [0.3, 0.4) is 0 Å². The van der Waals surface area contributed by atoms with Gasteiger partial charge in [-0.1, -0.05) is 18.2 Å². The topological polar surface area (TPSA) is 23.1 Å². The van der Waals surface area contributed by atoms with Gasteiger partial charge in [-0.2, -0.15) is 0 Å². The summed E-state index contributed by atoms with van der Waals surface area (Å²) >= 11 is 10.7. The smallest absolute Gasteiger partial charge is 0.278 e. The summed E-state index contributed by atoms with van der Waals surface area (Å²) in [6, 6.07) is 8.88. The first-order chi connectivity index (χ1) is 5.22. The SMILES string of the molecule is [O-][P+](=C(Cl)Cl)c1ccccc1. The molecule has 0 aliphatic rings. The minimum absolute atomic E-state index is 0.0776. The molecule has 0 saturated carbocycles. The Morgan fingerprint density at radius 3 is 2.18 bits per heavy atom. The van der Waals surface area contributed by atoms with Crippen LogP contribution in [0.5, 0.6) is 0 Å². The second-order valence-electron chi connectivity index (χ2n) is 1.87. The average Bonchev–Trinajstić information content (AvgIpc) is 2.05. The number of hydrogen-bond acceptors (Lipinski definition) is 1. The van der Waals surface area contributed by atoms with Gasteiger partial charge < -0.3 is 4.89 Å². The van der Waals surface area contributed by atoms with Crippen molar-refractivity contribution in [1.82, 2.24) is 0 Å². The molecule has 0 amide bonds.